The Kier molecular flexibility index (Phi) is 4.02. The third kappa shape index (κ3) is 3.15. The Morgan fingerprint density at radius 3 is 2.24 bits per heavy atom. The summed E-state index contributed by atoms with van der Waals surface area (Å²) in [4.78, 5) is 4.67. The van der Waals surface area contributed by atoms with Crippen LogP contribution in [0.25, 0.3) is 16.7 Å². The van der Waals surface area contributed by atoms with Gasteiger partial charge in [-0.1, -0.05) is 30.3 Å². The number of benzene rings is 3. The van der Waals surface area contributed by atoms with Crippen molar-refractivity contribution < 1.29 is 8.78 Å². The summed E-state index contributed by atoms with van der Waals surface area (Å²) in [5.41, 5.74) is 3.41. The van der Waals surface area contributed by atoms with Gasteiger partial charge in [-0.15, -0.1) is 0 Å². The molecule has 0 amide bonds. The van der Waals surface area contributed by atoms with E-state index in [0.29, 0.717) is 11.9 Å². The number of nitrogens with zero attached hydrogens (tertiary/aromatic N) is 2. The predicted molar refractivity (Wildman–Crippen MR) is 94.8 cm³/mol. The number of aryl methyl sites for hydroxylation is 2. The number of halogens is 2. The maximum atomic E-state index is 13.8. The first-order valence-electron chi connectivity index (χ1n) is 8.17. The normalized spacial score (nSPS) is 11.1. The lowest BCUT2D eigenvalue weighted by Crippen LogP contribution is -2.03. The number of rotatable bonds is 4. The second-order valence-electron chi connectivity index (χ2n) is 5.96. The molecule has 0 saturated carbocycles. The fraction of sp³-hybridized carbons (Fsp3) is 0.0952. The summed E-state index contributed by atoms with van der Waals surface area (Å²) < 4.78 is 29.0. The molecule has 4 heteroatoms. The molecule has 0 atom stereocenters. The Bertz CT molecular complexity index is 1010. The fourth-order valence-corrected chi connectivity index (χ4v) is 3.05. The Balaban J connectivity index is 1.79. The van der Waals surface area contributed by atoms with Crippen molar-refractivity contribution in [3.63, 3.8) is 0 Å². The second kappa shape index (κ2) is 6.48. The van der Waals surface area contributed by atoms with Crippen molar-refractivity contribution in [1.29, 1.82) is 0 Å². The van der Waals surface area contributed by atoms with Crippen molar-refractivity contribution >= 4 is 11.0 Å². The predicted octanol–water partition coefficient (Wildman–Crippen LogP) is 5.09. The van der Waals surface area contributed by atoms with Gasteiger partial charge < -0.3 is 0 Å². The van der Waals surface area contributed by atoms with E-state index in [2.05, 4.69) is 17.1 Å². The van der Waals surface area contributed by atoms with Crippen LogP contribution in [-0.2, 0) is 12.8 Å². The largest absolute Gasteiger partial charge is 0.296 e. The van der Waals surface area contributed by atoms with Crippen LogP contribution < -0.4 is 0 Å². The lowest BCUT2D eigenvalue weighted by atomic mass is 10.1. The van der Waals surface area contributed by atoms with Gasteiger partial charge in [-0.05, 0) is 48.4 Å². The standard InChI is InChI=1S/C21H16F2N2/c22-16-7-10-18(11-8-16)25-20-14-17(23)9-12-19(20)24-21(25)13-6-15-4-2-1-3-5-15/h1-5,7-12,14H,6,13H2. The van der Waals surface area contributed by atoms with Crippen molar-refractivity contribution in [3.05, 3.63) is 95.8 Å². The molecule has 4 rings (SSSR count). The maximum absolute atomic E-state index is 13.8. The highest BCUT2D eigenvalue weighted by Gasteiger charge is 2.13. The van der Waals surface area contributed by atoms with Gasteiger partial charge in [0.05, 0.1) is 11.0 Å². The first-order valence-corrected chi connectivity index (χ1v) is 8.17. The quantitative estimate of drug-likeness (QED) is 0.508. The minimum atomic E-state index is -0.314. The number of hydrogen-bond acceptors (Lipinski definition) is 1. The third-order valence-corrected chi connectivity index (χ3v) is 4.25. The van der Waals surface area contributed by atoms with Crippen molar-refractivity contribution in [3.8, 4) is 5.69 Å². The molecular formula is C21H16F2N2. The van der Waals surface area contributed by atoms with Gasteiger partial charge in [0.15, 0.2) is 0 Å². The Hall–Kier alpha value is -3.01. The molecule has 124 valence electrons. The van der Waals surface area contributed by atoms with Gasteiger partial charge in [-0.3, -0.25) is 4.57 Å². The third-order valence-electron chi connectivity index (χ3n) is 4.25. The summed E-state index contributed by atoms with van der Waals surface area (Å²) in [6.07, 6.45) is 1.53. The molecular weight excluding hydrogens is 318 g/mol. The van der Waals surface area contributed by atoms with Gasteiger partial charge in [0.1, 0.15) is 17.5 Å². The Morgan fingerprint density at radius 2 is 1.48 bits per heavy atom. The highest BCUT2D eigenvalue weighted by atomic mass is 19.1. The lowest BCUT2D eigenvalue weighted by Gasteiger charge is -2.09. The van der Waals surface area contributed by atoms with Crippen LogP contribution in [-0.4, -0.2) is 9.55 Å². The van der Waals surface area contributed by atoms with Gasteiger partial charge in [0.2, 0.25) is 0 Å². The topological polar surface area (TPSA) is 17.8 Å². The average Bonchev–Trinajstić information content (AvgIpc) is 2.99. The van der Waals surface area contributed by atoms with Crippen LogP contribution in [0.5, 0.6) is 0 Å². The molecule has 1 heterocycles. The molecule has 2 nitrogen and oxygen atoms in total. The molecule has 0 aliphatic rings. The molecule has 0 aliphatic carbocycles. The monoisotopic (exact) mass is 334 g/mol. The zero-order chi connectivity index (χ0) is 17.2. The fourth-order valence-electron chi connectivity index (χ4n) is 3.05. The molecule has 25 heavy (non-hydrogen) atoms. The SMILES string of the molecule is Fc1ccc(-n2c(CCc3ccccc3)nc3ccc(F)cc32)cc1. The van der Waals surface area contributed by atoms with Crippen LogP contribution in [0.3, 0.4) is 0 Å². The second-order valence-corrected chi connectivity index (χ2v) is 5.96. The van der Waals surface area contributed by atoms with Gasteiger partial charge >= 0.3 is 0 Å². The summed E-state index contributed by atoms with van der Waals surface area (Å²) >= 11 is 0. The maximum Gasteiger partial charge on any atom is 0.125 e. The highest BCUT2D eigenvalue weighted by Crippen LogP contribution is 2.24. The van der Waals surface area contributed by atoms with Crippen LogP contribution in [0.15, 0.2) is 72.8 Å². The van der Waals surface area contributed by atoms with Crippen LogP contribution >= 0.6 is 0 Å². The number of imidazole rings is 1. The number of aromatic nitrogens is 2. The smallest absolute Gasteiger partial charge is 0.125 e. The molecule has 0 N–H and O–H groups in total. The summed E-state index contributed by atoms with van der Waals surface area (Å²) in [5.74, 6) is 0.214. The van der Waals surface area contributed by atoms with E-state index in [1.54, 1.807) is 18.2 Å². The minimum Gasteiger partial charge on any atom is -0.296 e. The number of hydrogen-bond donors (Lipinski definition) is 0. The molecule has 0 unspecified atom stereocenters. The van der Waals surface area contributed by atoms with Crippen LogP contribution in [0, 0.1) is 11.6 Å². The first kappa shape index (κ1) is 15.5. The van der Waals surface area contributed by atoms with E-state index in [4.69, 9.17) is 0 Å². The molecule has 0 bridgehead atoms. The summed E-state index contributed by atoms with van der Waals surface area (Å²) in [6, 6.07) is 20.9. The van der Waals surface area contributed by atoms with Crippen LogP contribution in [0.2, 0.25) is 0 Å². The Labute approximate surface area is 144 Å². The zero-order valence-electron chi connectivity index (χ0n) is 13.5. The van der Waals surface area contributed by atoms with Gasteiger partial charge in [-0.25, -0.2) is 13.8 Å². The highest BCUT2D eigenvalue weighted by molar-refractivity contribution is 5.78. The first-order chi connectivity index (χ1) is 12.2. The Morgan fingerprint density at radius 1 is 0.760 bits per heavy atom. The van der Waals surface area contributed by atoms with Crippen molar-refractivity contribution in [1.82, 2.24) is 9.55 Å². The molecule has 0 spiro atoms. The van der Waals surface area contributed by atoms with Crippen molar-refractivity contribution in [2.24, 2.45) is 0 Å². The van der Waals surface area contributed by atoms with E-state index < -0.39 is 0 Å². The van der Waals surface area contributed by atoms with E-state index in [1.807, 2.05) is 22.8 Å². The van der Waals surface area contributed by atoms with E-state index in [0.717, 1.165) is 23.4 Å². The van der Waals surface area contributed by atoms with Crippen molar-refractivity contribution in [2.75, 3.05) is 0 Å². The minimum absolute atomic E-state index is 0.301. The van der Waals surface area contributed by atoms with E-state index >= 15 is 0 Å². The van der Waals surface area contributed by atoms with Crippen LogP contribution in [0.4, 0.5) is 8.78 Å². The molecule has 4 aromatic rings. The molecule has 0 saturated heterocycles. The number of fused-ring (bicyclic) bond motifs is 1. The van der Waals surface area contributed by atoms with Gasteiger partial charge in [0.25, 0.3) is 0 Å². The summed E-state index contributed by atoms with van der Waals surface area (Å²) in [7, 11) is 0. The molecule has 0 aliphatic heterocycles. The van der Waals surface area contributed by atoms with Crippen molar-refractivity contribution in [2.45, 2.75) is 12.8 Å². The molecule has 0 fully saturated rings. The van der Waals surface area contributed by atoms with E-state index in [9.17, 15) is 8.78 Å². The van der Waals surface area contributed by atoms with Crippen LogP contribution in [0.1, 0.15) is 11.4 Å². The van der Waals surface area contributed by atoms with Gasteiger partial charge in [0, 0.05) is 18.2 Å². The average molecular weight is 334 g/mol. The zero-order valence-corrected chi connectivity index (χ0v) is 13.5. The summed E-state index contributed by atoms with van der Waals surface area (Å²) in [5, 5.41) is 0. The summed E-state index contributed by atoms with van der Waals surface area (Å²) in [6.45, 7) is 0. The van der Waals surface area contributed by atoms with E-state index in [-0.39, 0.29) is 11.6 Å². The molecule has 3 aromatic carbocycles. The lowest BCUT2D eigenvalue weighted by molar-refractivity contribution is 0.626. The molecule has 1 aromatic heterocycles. The van der Waals surface area contributed by atoms with Gasteiger partial charge in [-0.2, -0.15) is 0 Å². The van der Waals surface area contributed by atoms with E-state index in [1.165, 1.54) is 29.8 Å². The molecule has 0 radical (unpaired) electrons.